The minimum absolute atomic E-state index is 0.259. The van der Waals surface area contributed by atoms with Crippen LogP contribution in [0, 0.1) is 0 Å². The van der Waals surface area contributed by atoms with Gasteiger partial charge in [0, 0.05) is 25.5 Å². The molecule has 144 valence electrons. The molecule has 0 radical (unpaired) electrons. The van der Waals surface area contributed by atoms with E-state index in [2.05, 4.69) is 11.5 Å². The quantitative estimate of drug-likeness (QED) is 0.562. The molecule has 0 spiro atoms. The summed E-state index contributed by atoms with van der Waals surface area (Å²) in [6.07, 6.45) is 0. The molecule has 0 amide bonds. The first-order chi connectivity index (χ1) is 12.9. The van der Waals surface area contributed by atoms with Crippen LogP contribution < -0.4 is 4.74 Å². The Labute approximate surface area is 164 Å². The van der Waals surface area contributed by atoms with Gasteiger partial charge in [-0.15, -0.1) is 11.8 Å². The van der Waals surface area contributed by atoms with Crippen LogP contribution >= 0.6 is 11.8 Å². The van der Waals surface area contributed by atoms with Crippen molar-refractivity contribution in [3.63, 3.8) is 0 Å². The van der Waals surface area contributed by atoms with Crippen LogP contribution in [-0.2, 0) is 22.3 Å². The predicted molar refractivity (Wildman–Crippen MR) is 109 cm³/mol. The third-order valence-electron chi connectivity index (χ3n) is 4.32. The van der Waals surface area contributed by atoms with E-state index in [0.717, 1.165) is 28.5 Å². The maximum absolute atomic E-state index is 12.4. The number of ether oxygens (including phenoxy) is 1. The summed E-state index contributed by atoms with van der Waals surface area (Å²) >= 11 is 1.69. The highest BCUT2D eigenvalue weighted by Gasteiger charge is 2.19. The van der Waals surface area contributed by atoms with Gasteiger partial charge >= 0.3 is 0 Å². The molecular weight excluding hydrogens is 382 g/mol. The lowest BCUT2D eigenvalue weighted by molar-refractivity contribution is 0.414. The predicted octanol–water partition coefficient (Wildman–Crippen LogP) is 3.61. The van der Waals surface area contributed by atoms with Crippen LogP contribution in [-0.4, -0.2) is 43.5 Å². The van der Waals surface area contributed by atoms with E-state index >= 15 is 0 Å². The number of aromatic nitrogens is 2. The molecule has 0 saturated heterocycles. The highest BCUT2D eigenvalue weighted by atomic mass is 32.2. The Kier molecular flexibility index (Phi) is 5.78. The van der Waals surface area contributed by atoms with E-state index in [0.29, 0.717) is 11.3 Å². The van der Waals surface area contributed by atoms with Crippen molar-refractivity contribution in [1.82, 2.24) is 13.9 Å². The number of hydrogen-bond acceptors (Lipinski definition) is 5. The molecule has 0 aliphatic rings. The molecule has 0 unspecified atom stereocenters. The molecule has 0 saturated carbocycles. The standard InChI is InChI=1S/C19H23N3O3S2/c1-5-22-18-11-10-16(27(23,24)21(2)3)12-17(18)20-19(22)13-26-15-8-6-14(25-4)7-9-15/h6-12H,5,13H2,1-4H3. The zero-order valence-corrected chi connectivity index (χ0v) is 17.5. The third-order valence-corrected chi connectivity index (χ3v) is 7.14. The van der Waals surface area contributed by atoms with Crippen molar-refractivity contribution < 1.29 is 13.2 Å². The van der Waals surface area contributed by atoms with Crippen LogP contribution in [0.2, 0.25) is 0 Å². The molecule has 2 aromatic carbocycles. The van der Waals surface area contributed by atoms with Crippen molar-refractivity contribution in [3.8, 4) is 5.75 Å². The first kappa shape index (κ1) is 19.7. The van der Waals surface area contributed by atoms with Crippen molar-refractivity contribution in [2.75, 3.05) is 21.2 Å². The normalized spacial score (nSPS) is 12.0. The summed E-state index contributed by atoms with van der Waals surface area (Å²) in [5, 5.41) is 0. The van der Waals surface area contributed by atoms with Gasteiger partial charge in [0.05, 0.1) is 28.8 Å². The van der Waals surface area contributed by atoms with E-state index in [-0.39, 0.29) is 4.90 Å². The lowest BCUT2D eigenvalue weighted by atomic mass is 10.3. The van der Waals surface area contributed by atoms with Gasteiger partial charge in [-0.05, 0) is 49.4 Å². The Morgan fingerprint density at radius 2 is 1.85 bits per heavy atom. The fraction of sp³-hybridized carbons (Fsp3) is 0.316. The van der Waals surface area contributed by atoms with Gasteiger partial charge in [0.25, 0.3) is 0 Å². The summed E-state index contributed by atoms with van der Waals surface area (Å²) in [6, 6.07) is 13.0. The third kappa shape index (κ3) is 3.97. The summed E-state index contributed by atoms with van der Waals surface area (Å²) < 4.78 is 33.3. The van der Waals surface area contributed by atoms with E-state index in [9.17, 15) is 8.42 Å². The molecule has 8 heteroatoms. The maximum atomic E-state index is 12.4. The van der Waals surface area contributed by atoms with Crippen LogP contribution in [0.15, 0.2) is 52.3 Å². The number of sulfonamides is 1. The van der Waals surface area contributed by atoms with E-state index in [4.69, 9.17) is 9.72 Å². The number of aryl methyl sites for hydroxylation is 1. The van der Waals surface area contributed by atoms with E-state index in [1.54, 1.807) is 31.0 Å². The Morgan fingerprint density at radius 1 is 1.15 bits per heavy atom. The molecule has 0 fully saturated rings. The number of nitrogens with zero attached hydrogens (tertiary/aromatic N) is 3. The molecule has 27 heavy (non-hydrogen) atoms. The second kappa shape index (κ2) is 7.92. The Hall–Kier alpha value is -2.03. The SMILES string of the molecule is CCn1c(CSc2ccc(OC)cc2)nc2cc(S(=O)(=O)N(C)C)ccc21. The summed E-state index contributed by atoms with van der Waals surface area (Å²) in [5.74, 6) is 2.45. The topological polar surface area (TPSA) is 64.4 Å². The second-order valence-corrected chi connectivity index (χ2v) is 9.38. The number of benzene rings is 2. The van der Waals surface area contributed by atoms with Crippen LogP contribution in [0.3, 0.4) is 0 Å². The minimum atomic E-state index is -3.47. The molecular formula is C19H23N3O3S2. The van der Waals surface area contributed by atoms with Gasteiger partial charge in [-0.3, -0.25) is 0 Å². The number of methoxy groups -OCH3 is 1. The maximum Gasteiger partial charge on any atom is 0.242 e. The van der Waals surface area contributed by atoms with Gasteiger partial charge in [0.15, 0.2) is 0 Å². The molecule has 1 aromatic heterocycles. The van der Waals surface area contributed by atoms with Crippen LogP contribution in [0.4, 0.5) is 0 Å². The van der Waals surface area contributed by atoms with Gasteiger partial charge < -0.3 is 9.30 Å². The highest BCUT2D eigenvalue weighted by Crippen LogP contribution is 2.28. The molecule has 0 N–H and O–H groups in total. The van der Waals surface area contributed by atoms with Crippen LogP contribution in [0.1, 0.15) is 12.7 Å². The molecule has 1 heterocycles. The molecule has 0 bridgehead atoms. The van der Waals surface area contributed by atoms with Gasteiger partial charge in [-0.25, -0.2) is 17.7 Å². The highest BCUT2D eigenvalue weighted by molar-refractivity contribution is 7.98. The van der Waals surface area contributed by atoms with Gasteiger partial charge in [-0.1, -0.05) is 0 Å². The molecule has 3 aromatic rings. The molecule has 0 aliphatic carbocycles. The smallest absolute Gasteiger partial charge is 0.242 e. The summed E-state index contributed by atoms with van der Waals surface area (Å²) in [6.45, 7) is 2.84. The summed E-state index contributed by atoms with van der Waals surface area (Å²) in [7, 11) is 1.23. The lowest BCUT2D eigenvalue weighted by Gasteiger charge is -2.11. The van der Waals surface area contributed by atoms with Crippen molar-refractivity contribution in [2.45, 2.75) is 29.0 Å². The first-order valence-electron chi connectivity index (χ1n) is 8.55. The summed E-state index contributed by atoms with van der Waals surface area (Å²) in [5.41, 5.74) is 1.64. The van der Waals surface area contributed by atoms with E-state index in [1.165, 1.54) is 18.4 Å². The average molecular weight is 406 g/mol. The number of imidazole rings is 1. The zero-order chi connectivity index (χ0) is 19.6. The van der Waals surface area contributed by atoms with E-state index in [1.807, 2.05) is 30.3 Å². The summed E-state index contributed by atoms with van der Waals surface area (Å²) in [4.78, 5) is 6.09. The van der Waals surface area contributed by atoms with Crippen molar-refractivity contribution in [1.29, 1.82) is 0 Å². The fourth-order valence-electron chi connectivity index (χ4n) is 2.81. The Morgan fingerprint density at radius 3 is 2.44 bits per heavy atom. The zero-order valence-electron chi connectivity index (χ0n) is 15.8. The second-order valence-electron chi connectivity index (χ2n) is 6.17. The number of rotatable bonds is 7. The first-order valence-corrected chi connectivity index (χ1v) is 11.0. The van der Waals surface area contributed by atoms with Gasteiger partial charge in [0.2, 0.25) is 10.0 Å². The molecule has 3 rings (SSSR count). The Bertz CT molecular complexity index is 1040. The van der Waals surface area contributed by atoms with Crippen molar-refractivity contribution in [2.24, 2.45) is 0 Å². The fourth-order valence-corrected chi connectivity index (χ4v) is 4.58. The van der Waals surface area contributed by atoms with Crippen molar-refractivity contribution in [3.05, 3.63) is 48.3 Å². The van der Waals surface area contributed by atoms with Crippen LogP contribution in [0.5, 0.6) is 5.75 Å². The molecule has 0 aliphatic heterocycles. The van der Waals surface area contributed by atoms with E-state index < -0.39 is 10.0 Å². The number of thioether (sulfide) groups is 1. The number of hydrogen-bond donors (Lipinski definition) is 0. The molecule has 0 atom stereocenters. The lowest BCUT2D eigenvalue weighted by Crippen LogP contribution is -2.22. The molecule has 6 nitrogen and oxygen atoms in total. The van der Waals surface area contributed by atoms with Gasteiger partial charge in [0.1, 0.15) is 11.6 Å². The Balaban J connectivity index is 1.90. The monoisotopic (exact) mass is 405 g/mol. The van der Waals surface area contributed by atoms with Gasteiger partial charge in [-0.2, -0.15) is 0 Å². The number of fused-ring (bicyclic) bond motifs is 1. The minimum Gasteiger partial charge on any atom is -0.497 e. The van der Waals surface area contributed by atoms with Crippen molar-refractivity contribution >= 4 is 32.8 Å². The van der Waals surface area contributed by atoms with Crippen LogP contribution in [0.25, 0.3) is 11.0 Å². The average Bonchev–Trinajstić information content (AvgIpc) is 3.03. The largest absolute Gasteiger partial charge is 0.497 e.